The van der Waals surface area contributed by atoms with Crippen molar-refractivity contribution in [3.05, 3.63) is 41.5 Å². The molecule has 5 aliphatic rings. The molecule has 4 aliphatic carbocycles. The van der Waals surface area contributed by atoms with Gasteiger partial charge in [0.05, 0.1) is 17.5 Å². The standard InChI is InChI=1S/C23H25NO2/c1-22(2)15-9-10-23(22,3)19-14-11-13(16(15)19)17-18(14)21(26)24(20(17)25)12-7-5-4-6-8-12/h4-8,13-15,17-18H,9-11H2,1-3H3. The second-order valence-electron chi connectivity index (χ2n) is 9.86. The molecule has 26 heavy (non-hydrogen) atoms. The molecule has 3 heteroatoms. The third kappa shape index (κ3) is 1.36. The molecule has 0 radical (unpaired) electrons. The Balaban J connectivity index is 1.46. The summed E-state index contributed by atoms with van der Waals surface area (Å²) in [7, 11) is 0. The van der Waals surface area contributed by atoms with Crippen LogP contribution in [0.2, 0.25) is 0 Å². The Hall–Kier alpha value is -1.90. The van der Waals surface area contributed by atoms with Crippen LogP contribution in [0.25, 0.3) is 0 Å². The van der Waals surface area contributed by atoms with Gasteiger partial charge in [0.25, 0.3) is 0 Å². The van der Waals surface area contributed by atoms with E-state index in [1.807, 2.05) is 30.3 Å². The number of carbonyl (C=O) groups is 2. The lowest BCUT2D eigenvalue weighted by Crippen LogP contribution is -2.36. The summed E-state index contributed by atoms with van der Waals surface area (Å²) < 4.78 is 0. The molecule has 1 saturated heterocycles. The molecule has 0 N–H and O–H groups in total. The lowest BCUT2D eigenvalue weighted by atomic mass is 9.63. The Morgan fingerprint density at radius 3 is 2.31 bits per heavy atom. The number of hydrogen-bond acceptors (Lipinski definition) is 2. The molecule has 2 amide bonds. The number of allylic oxidation sites excluding steroid dienone is 2. The van der Waals surface area contributed by atoms with Gasteiger partial charge in [-0.1, -0.05) is 50.1 Å². The van der Waals surface area contributed by atoms with Gasteiger partial charge < -0.3 is 0 Å². The van der Waals surface area contributed by atoms with E-state index in [1.54, 1.807) is 11.1 Å². The van der Waals surface area contributed by atoms with Crippen molar-refractivity contribution < 1.29 is 9.59 Å². The van der Waals surface area contributed by atoms with E-state index in [-0.39, 0.29) is 34.5 Å². The van der Waals surface area contributed by atoms with Crippen molar-refractivity contribution in [2.24, 2.45) is 40.4 Å². The fourth-order valence-electron chi connectivity index (χ4n) is 7.69. The molecule has 1 aromatic carbocycles. The number of carbonyl (C=O) groups excluding carboxylic acids is 2. The van der Waals surface area contributed by atoms with Crippen LogP contribution in [0.1, 0.15) is 40.0 Å². The first-order chi connectivity index (χ1) is 12.4. The fraction of sp³-hybridized carbons (Fsp3) is 0.565. The van der Waals surface area contributed by atoms with Crippen molar-refractivity contribution >= 4 is 17.5 Å². The van der Waals surface area contributed by atoms with Gasteiger partial charge in [0.15, 0.2) is 0 Å². The number of para-hydroxylation sites is 1. The molecule has 6 unspecified atom stereocenters. The van der Waals surface area contributed by atoms with Gasteiger partial charge in [0.2, 0.25) is 11.8 Å². The average Bonchev–Trinajstić information content (AvgIpc) is 3.34. The SMILES string of the molecule is CC12CCC(C3=C1C1CC3C3C(=O)N(c4ccccc4)C(=O)C13)C2(C)C. The minimum absolute atomic E-state index is 0.0504. The number of amides is 2. The number of anilines is 1. The summed E-state index contributed by atoms with van der Waals surface area (Å²) in [5, 5.41) is 0. The largest absolute Gasteiger partial charge is 0.274 e. The van der Waals surface area contributed by atoms with Crippen LogP contribution in [0.15, 0.2) is 41.5 Å². The first kappa shape index (κ1) is 15.2. The van der Waals surface area contributed by atoms with Crippen molar-refractivity contribution in [2.45, 2.75) is 40.0 Å². The molecule has 4 bridgehead atoms. The number of imide groups is 1. The topological polar surface area (TPSA) is 37.4 Å². The van der Waals surface area contributed by atoms with E-state index in [2.05, 4.69) is 20.8 Å². The molecule has 1 heterocycles. The predicted octanol–water partition coefficient (Wildman–Crippen LogP) is 4.19. The second-order valence-corrected chi connectivity index (χ2v) is 9.86. The van der Waals surface area contributed by atoms with Gasteiger partial charge in [-0.05, 0) is 60.0 Å². The highest BCUT2D eigenvalue weighted by Crippen LogP contribution is 2.77. The Morgan fingerprint density at radius 2 is 1.62 bits per heavy atom. The molecular weight excluding hydrogens is 322 g/mol. The zero-order valence-corrected chi connectivity index (χ0v) is 15.7. The Labute approximate surface area is 154 Å². The third-order valence-electron chi connectivity index (χ3n) is 9.06. The molecule has 0 aromatic heterocycles. The van der Waals surface area contributed by atoms with Gasteiger partial charge in [-0.15, -0.1) is 0 Å². The van der Waals surface area contributed by atoms with E-state index in [0.29, 0.717) is 17.8 Å². The molecule has 6 atom stereocenters. The highest BCUT2D eigenvalue weighted by atomic mass is 16.2. The molecule has 3 nitrogen and oxygen atoms in total. The van der Waals surface area contributed by atoms with Crippen LogP contribution in [-0.2, 0) is 9.59 Å². The number of benzene rings is 1. The summed E-state index contributed by atoms with van der Waals surface area (Å²) in [4.78, 5) is 28.1. The van der Waals surface area contributed by atoms with Gasteiger partial charge in [-0.3, -0.25) is 14.5 Å². The first-order valence-electron chi connectivity index (χ1n) is 10.1. The zero-order chi connectivity index (χ0) is 18.0. The highest BCUT2D eigenvalue weighted by Gasteiger charge is 2.73. The monoisotopic (exact) mass is 347 g/mol. The summed E-state index contributed by atoms with van der Waals surface area (Å²) in [6.07, 6.45) is 3.55. The minimum Gasteiger partial charge on any atom is -0.274 e. The number of rotatable bonds is 1. The van der Waals surface area contributed by atoms with E-state index >= 15 is 0 Å². The van der Waals surface area contributed by atoms with Crippen molar-refractivity contribution in [1.29, 1.82) is 0 Å². The summed E-state index contributed by atoms with van der Waals surface area (Å²) in [6, 6.07) is 9.50. The van der Waals surface area contributed by atoms with E-state index in [1.165, 1.54) is 17.7 Å². The van der Waals surface area contributed by atoms with E-state index < -0.39 is 0 Å². The van der Waals surface area contributed by atoms with Crippen molar-refractivity contribution in [2.75, 3.05) is 4.90 Å². The predicted molar refractivity (Wildman–Crippen MR) is 99.2 cm³/mol. The van der Waals surface area contributed by atoms with Crippen LogP contribution in [0.4, 0.5) is 5.69 Å². The van der Waals surface area contributed by atoms with Crippen molar-refractivity contribution in [1.82, 2.24) is 0 Å². The third-order valence-corrected chi connectivity index (χ3v) is 9.06. The molecule has 134 valence electrons. The maximum atomic E-state index is 13.3. The normalized spacial score (nSPS) is 44.3. The second kappa shape index (κ2) is 4.32. The minimum atomic E-state index is -0.113. The van der Waals surface area contributed by atoms with Crippen LogP contribution in [0.5, 0.6) is 0 Å². The van der Waals surface area contributed by atoms with Gasteiger partial charge in [0, 0.05) is 0 Å². The number of fused-ring (bicyclic) bond motifs is 11. The van der Waals surface area contributed by atoms with Crippen LogP contribution >= 0.6 is 0 Å². The molecular formula is C23H25NO2. The van der Waals surface area contributed by atoms with Crippen LogP contribution in [0, 0.1) is 40.4 Å². The summed E-state index contributed by atoms with van der Waals surface area (Å²) >= 11 is 0. The van der Waals surface area contributed by atoms with Gasteiger partial charge >= 0.3 is 0 Å². The molecule has 0 spiro atoms. The summed E-state index contributed by atoms with van der Waals surface area (Å²) in [5.41, 5.74) is 4.44. The smallest absolute Gasteiger partial charge is 0.238 e. The van der Waals surface area contributed by atoms with Gasteiger partial charge in [-0.25, -0.2) is 0 Å². The molecule has 3 fully saturated rings. The summed E-state index contributed by atoms with van der Waals surface area (Å²) in [6.45, 7) is 7.26. The lowest BCUT2D eigenvalue weighted by molar-refractivity contribution is -0.123. The van der Waals surface area contributed by atoms with Crippen LogP contribution in [0.3, 0.4) is 0 Å². The molecule has 2 saturated carbocycles. The fourth-order valence-corrected chi connectivity index (χ4v) is 7.69. The summed E-state index contributed by atoms with van der Waals surface area (Å²) in [5.74, 6) is 1.12. The quantitative estimate of drug-likeness (QED) is 0.434. The first-order valence-corrected chi connectivity index (χ1v) is 10.1. The lowest BCUT2D eigenvalue weighted by Gasteiger charge is -2.40. The molecule has 1 aliphatic heterocycles. The maximum absolute atomic E-state index is 13.3. The van der Waals surface area contributed by atoms with Gasteiger partial charge in [0.1, 0.15) is 0 Å². The maximum Gasteiger partial charge on any atom is 0.238 e. The number of nitrogens with zero attached hydrogens (tertiary/aromatic N) is 1. The van der Waals surface area contributed by atoms with E-state index in [9.17, 15) is 9.59 Å². The van der Waals surface area contributed by atoms with E-state index in [0.717, 1.165) is 12.1 Å². The zero-order valence-electron chi connectivity index (χ0n) is 15.7. The Bertz CT molecular complexity index is 898. The van der Waals surface area contributed by atoms with E-state index in [4.69, 9.17) is 0 Å². The Morgan fingerprint density at radius 1 is 0.962 bits per heavy atom. The highest BCUT2D eigenvalue weighted by molar-refractivity contribution is 6.23. The molecule has 1 aromatic rings. The van der Waals surface area contributed by atoms with Crippen LogP contribution in [-0.4, -0.2) is 11.8 Å². The van der Waals surface area contributed by atoms with Crippen LogP contribution < -0.4 is 4.90 Å². The Kier molecular flexibility index (Phi) is 2.52. The van der Waals surface area contributed by atoms with Crippen molar-refractivity contribution in [3.63, 3.8) is 0 Å². The van der Waals surface area contributed by atoms with Gasteiger partial charge in [-0.2, -0.15) is 0 Å². The molecule has 6 rings (SSSR count). The number of hydrogen-bond donors (Lipinski definition) is 0. The average molecular weight is 347 g/mol. The van der Waals surface area contributed by atoms with Crippen molar-refractivity contribution in [3.8, 4) is 0 Å².